The zero-order valence-electron chi connectivity index (χ0n) is 14.1. The molecule has 4 aromatic rings. The van der Waals surface area contributed by atoms with E-state index in [0.717, 1.165) is 5.56 Å². The molecule has 1 aromatic heterocycles. The molecule has 0 saturated carbocycles. The van der Waals surface area contributed by atoms with Crippen molar-refractivity contribution in [3.63, 3.8) is 0 Å². The van der Waals surface area contributed by atoms with E-state index in [1.54, 1.807) is 18.2 Å². The first-order valence-corrected chi connectivity index (χ1v) is 7.88. The van der Waals surface area contributed by atoms with E-state index in [2.05, 4.69) is 5.32 Å². The summed E-state index contributed by atoms with van der Waals surface area (Å²) in [4.78, 5) is 23.2. The Morgan fingerprint density at radius 2 is 1.65 bits per heavy atom. The Kier molecular flexibility index (Phi) is 6.73. The van der Waals surface area contributed by atoms with Gasteiger partial charge < -0.3 is 44.9 Å². The first kappa shape index (κ1) is 19.4. The molecule has 1 heterocycles. The van der Waals surface area contributed by atoms with Crippen LogP contribution in [0.15, 0.2) is 88.1 Å². The fourth-order valence-corrected chi connectivity index (χ4v) is 2.44. The molecule has 0 unspecified atom stereocenters. The molecule has 138 valence electrons. The molecule has 26 heavy (non-hydrogen) atoms. The Hall–Kier alpha value is -2.88. The van der Waals surface area contributed by atoms with Gasteiger partial charge in [-0.25, -0.2) is 0 Å². The third kappa shape index (κ3) is 4.82. The average molecular weight is 387 g/mol. The zero-order valence-corrected chi connectivity index (χ0v) is 15.2. The molecule has 1 N–H and O–H groups in total. The van der Waals surface area contributed by atoms with Crippen LogP contribution in [-0.2, 0) is 21.9 Å². The molecule has 0 spiro atoms. The Balaban J connectivity index is 0.000000351. The van der Waals surface area contributed by atoms with Crippen molar-refractivity contribution in [3.8, 4) is 11.3 Å². The van der Waals surface area contributed by atoms with E-state index in [1.165, 1.54) is 13.0 Å². The standard InChI is InChI=1S/C16H12NO3.C5H5.Fe/c1-10(18)17-12-6-7-15-13(8-12)14(19)9-16(20-15)11-4-2-3-5-11;1-2-4-5-3-1;/h2-9H,1H3,(H,17,18);1-5H;/q-1;-5;. The van der Waals surface area contributed by atoms with Crippen LogP contribution in [0.5, 0.6) is 0 Å². The van der Waals surface area contributed by atoms with E-state index >= 15 is 0 Å². The number of rotatable bonds is 2. The second kappa shape index (κ2) is 8.99. The molecule has 0 bridgehead atoms. The Morgan fingerprint density at radius 1 is 1.04 bits per heavy atom. The Bertz CT molecular complexity index is 998. The molecular formula is C21H17FeNO3-6. The maximum Gasteiger partial charge on any atom is 0.221 e. The van der Waals surface area contributed by atoms with Crippen LogP contribution in [0.25, 0.3) is 22.3 Å². The summed E-state index contributed by atoms with van der Waals surface area (Å²) in [5.41, 5.74) is 1.82. The summed E-state index contributed by atoms with van der Waals surface area (Å²) in [5.74, 6) is 0.363. The van der Waals surface area contributed by atoms with Gasteiger partial charge in [-0.1, -0.05) is 5.56 Å². The van der Waals surface area contributed by atoms with E-state index in [4.69, 9.17) is 4.42 Å². The van der Waals surface area contributed by atoms with Gasteiger partial charge in [-0.2, -0.15) is 12.1 Å². The third-order valence-corrected chi connectivity index (χ3v) is 3.55. The van der Waals surface area contributed by atoms with Crippen molar-refractivity contribution in [2.45, 2.75) is 6.92 Å². The number of amides is 1. The van der Waals surface area contributed by atoms with Gasteiger partial charge in [-0.3, -0.25) is 4.79 Å². The quantitative estimate of drug-likeness (QED) is 0.406. The fraction of sp³-hybridized carbons (Fsp3) is 0.0476. The topological polar surface area (TPSA) is 59.3 Å². The largest absolute Gasteiger partial charge is 0.748 e. The minimum atomic E-state index is -0.179. The van der Waals surface area contributed by atoms with Crippen molar-refractivity contribution in [1.29, 1.82) is 0 Å². The van der Waals surface area contributed by atoms with E-state index in [1.807, 2.05) is 54.6 Å². The SMILES string of the molecule is CC(=O)Nc1ccc2oc(-[c-]3cccc3)cc(=O)c2c1.[Fe].[cH-]1[cH-][cH-][cH-][cH-]1. The van der Waals surface area contributed by atoms with Crippen molar-refractivity contribution in [1.82, 2.24) is 0 Å². The first-order chi connectivity index (χ1) is 12.1. The van der Waals surface area contributed by atoms with Gasteiger partial charge in [0.25, 0.3) is 0 Å². The molecule has 0 aliphatic carbocycles. The number of nitrogens with one attached hydrogen (secondary N) is 1. The summed E-state index contributed by atoms with van der Waals surface area (Å²) in [5, 5.41) is 3.10. The van der Waals surface area contributed by atoms with Crippen LogP contribution in [0.1, 0.15) is 6.92 Å². The third-order valence-electron chi connectivity index (χ3n) is 3.55. The minimum absolute atomic E-state index is 0. The number of fused-ring (bicyclic) bond motifs is 1. The van der Waals surface area contributed by atoms with Gasteiger partial charge in [-0.15, -0.1) is 12.1 Å². The normalized spacial score (nSPS) is 9.73. The molecule has 1 amide bonds. The molecule has 4 nitrogen and oxygen atoms in total. The Morgan fingerprint density at radius 3 is 2.23 bits per heavy atom. The molecule has 0 radical (unpaired) electrons. The van der Waals surface area contributed by atoms with Crippen LogP contribution in [-0.4, -0.2) is 5.91 Å². The molecule has 0 atom stereocenters. The summed E-state index contributed by atoms with van der Waals surface area (Å²) >= 11 is 0. The van der Waals surface area contributed by atoms with E-state index in [-0.39, 0.29) is 28.4 Å². The van der Waals surface area contributed by atoms with Crippen molar-refractivity contribution in [2.75, 3.05) is 5.32 Å². The van der Waals surface area contributed by atoms with Gasteiger partial charge >= 0.3 is 0 Å². The van der Waals surface area contributed by atoms with E-state index in [9.17, 15) is 9.59 Å². The van der Waals surface area contributed by atoms with Gasteiger partial charge in [-0.05, 0) is 24.3 Å². The molecule has 0 saturated heterocycles. The van der Waals surface area contributed by atoms with E-state index < -0.39 is 0 Å². The van der Waals surface area contributed by atoms with Crippen LogP contribution in [0, 0.1) is 0 Å². The molecule has 0 aliphatic heterocycles. The van der Waals surface area contributed by atoms with Crippen LogP contribution in [0.4, 0.5) is 5.69 Å². The van der Waals surface area contributed by atoms with Gasteiger partial charge in [0, 0.05) is 29.7 Å². The monoisotopic (exact) mass is 387 g/mol. The summed E-state index contributed by atoms with van der Waals surface area (Å²) in [6.07, 6.45) is 0. The number of hydrogen-bond acceptors (Lipinski definition) is 3. The Labute approximate surface area is 161 Å². The summed E-state index contributed by atoms with van der Waals surface area (Å²) < 4.78 is 5.73. The van der Waals surface area contributed by atoms with Crippen molar-refractivity contribution >= 4 is 22.6 Å². The zero-order chi connectivity index (χ0) is 17.6. The van der Waals surface area contributed by atoms with Crippen molar-refractivity contribution in [2.24, 2.45) is 0 Å². The number of carbonyl (C=O) groups is 1. The van der Waals surface area contributed by atoms with Gasteiger partial charge in [0.1, 0.15) is 5.58 Å². The van der Waals surface area contributed by atoms with Crippen LogP contribution in [0.3, 0.4) is 0 Å². The maximum absolute atomic E-state index is 12.2. The number of benzene rings is 1. The van der Waals surface area contributed by atoms with Gasteiger partial charge in [0.05, 0.1) is 11.1 Å². The van der Waals surface area contributed by atoms with Crippen molar-refractivity contribution < 1.29 is 26.3 Å². The molecule has 0 aliphatic rings. The minimum Gasteiger partial charge on any atom is -0.748 e. The van der Waals surface area contributed by atoms with Gasteiger partial charge in [0.15, 0.2) is 5.43 Å². The molecular weight excluding hydrogens is 370 g/mol. The number of hydrogen-bond donors (Lipinski definition) is 1. The van der Waals surface area contributed by atoms with Crippen LogP contribution >= 0.6 is 0 Å². The van der Waals surface area contributed by atoms with E-state index in [0.29, 0.717) is 22.4 Å². The second-order valence-electron chi connectivity index (χ2n) is 5.50. The smallest absolute Gasteiger partial charge is 0.221 e. The van der Waals surface area contributed by atoms with Gasteiger partial charge in [0.2, 0.25) is 5.91 Å². The number of anilines is 1. The average Bonchev–Trinajstić information content (AvgIpc) is 3.31. The molecule has 3 aromatic carbocycles. The summed E-state index contributed by atoms with van der Waals surface area (Å²) in [6, 6.07) is 24.0. The molecule has 4 rings (SSSR count). The first-order valence-electron chi connectivity index (χ1n) is 7.88. The molecule has 0 fully saturated rings. The summed E-state index contributed by atoms with van der Waals surface area (Å²) in [6.45, 7) is 1.42. The van der Waals surface area contributed by atoms with Crippen molar-refractivity contribution in [3.05, 3.63) is 89.1 Å². The fourth-order valence-electron chi connectivity index (χ4n) is 2.44. The van der Waals surface area contributed by atoms with Crippen LogP contribution < -0.4 is 10.7 Å². The second-order valence-corrected chi connectivity index (χ2v) is 5.50. The predicted octanol–water partition coefficient (Wildman–Crippen LogP) is 4.54. The van der Waals surface area contributed by atoms with Crippen LogP contribution in [0.2, 0.25) is 0 Å². The maximum atomic E-state index is 12.2. The molecule has 5 heteroatoms. The summed E-state index contributed by atoms with van der Waals surface area (Å²) in [7, 11) is 0. The number of carbonyl (C=O) groups excluding carboxylic acids is 1. The predicted molar refractivity (Wildman–Crippen MR) is 99.9 cm³/mol.